The van der Waals surface area contributed by atoms with Crippen LogP contribution in [0, 0.1) is 11.8 Å². The van der Waals surface area contributed by atoms with E-state index in [0.717, 1.165) is 24.9 Å². The first-order valence-corrected chi connectivity index (χ1v) is 8.27. The molecular weight excluding hydrogens is 291 g/mol. The van der Waals surface area contributed by atoms with Crippen LogP contribution in [0.5, 0.6) is 0 Å². The van der Waals surface area contributed by atoms with Crippen molar-refractivity contribution in [2.75, 3.05) is 13.1 Å². The molecule has 1 saturated heterocycles. The highest BCUT2D eigenvalue weighted by atomic mass is 35.5. The Balaban J connectivity index is 1.61. The summed E-state index contributed by atoms with van der Waals surface area (Å²) in [4.78, 5) is 2.47. The summed E-state index contributed by atoms with van der Waals surface area (Å²) >= 11 is 12.1. The number of piperidine rings is 1. The Morgan fingerprint density at radius 2 is 1.90 bits per heavy atom. The monoisotopic (exact) mass is 312 g/mol. The first-order chi connectivity index (χ1) is 9.60. The minimum Gasteiger partial charge on any atom is -0.327 e. The summed E-state index contributed by atoms with van der Waals surface area (Å²) in [6.45, 7) is 3.08. The fraction of sp³-hybridized carbons (Fsp3) is 0.625. The molecule has 0 spiro atoms. The quantitative estimate of drug-likeness (QED) is 0.912. The van der Waals surface area contributed by atoms with Crippen molar-refractivity contribution in [3.8, 4) is 0 Å². The van der Waals surface area contributed by atoms with Crippen molar-refractivity contribution >= 4 is 23.2 Å². The highest BCUT2D eigenvalue weighted by molar-refractivity contribution is 6.42. The van der Waals surface area contributed by atoms with Gasteiger partial charge in [-0.15, -0.1) is 0 Å². The second-order valence-corrected chi connectivity index (χ2v) is 7.30. The summed E-state index contributed by atoms with van der Waals surface area (Å²) in [5, 5.41) is 1.26. The smallest absolute Gasteiger partial charge is 0.0595 e. The lowest BCUT2D eigenvalue weighted by atomic mass is 9.90. The van der Waals surface area contributed by atoms with Crippen LogP contribution in [-0.2, 0) is 6.54 Å². The number of benzene rings is 1. The fourth-order valence-corrected chi connectivity index (χ4v) is 3.69. The number of nitrogens with two attached hydrogens (primary N) is 1. The molecule has 3 rings (SSSR count). The van der Waals surface area contributed by atoms with Gasteiger partial charge in [0.1, 0.15) is 0 Å². The zero-order valence-electron chi connectivity index (χ0n) is 11.7. The molecule has 2 unspecified atom stereocenters. The summed E-state index contributed by atoms with van der Waals surface area (Å²) in [5.74, 6) is 1.76. The van der Waals surface area contributed by atoms with E-state index in [9.17, 15) is 0 Å². The lowest BCUT2D eigenvalue weighted by molar-refractivity contribution is 0.141. The summed E-state index contributed by atoms with van der Waals surface area (Å²) in [6, 6.07) is 6.23. The Hall–Kier alpha value is -0.280. The Morgan fingerprint density at radius 3 is 2.60 bits per heavy atom. The van der Waals surface area contributed by atoms with Crippen LogP contribution in [-0.4, -0.2) is 24.0 Å². The zero-order valence-corrected chi connectivity index (χ0v) is 13.2. The van der Waals surface area contributed by atoms with E-state index in [1.807, 2.05) is 12.1 Å². The van der Waals surface area contributed by atoms with E-state index in [4.69, 9.17) is 28.9 Å². The molecule has 2 N–H and O–H groups in total. The number of hydrogen-bond donors (Lipinski definition) is 1. The Labute approximate surface area is 131 Å². The number of likely N-dealkylation sites (tertiary alicyclic amines) is 1. The normalized spacial score (nSPS) is 27.8. The van der Waals surface area contributed by atoms with Crippen LogP contribution in [0.2, 0.25) is 10.0 Å². The molecule has 2 fully saturated rings. The second kappa shape index (κ2) is 6.23. The molecule has 4 heteroatoms. The molecule has 1 saturated carbocycles. The molecule has 1 aromatic rings. The van der Waals surface area contributed by atoms with E-state index in [-0.39, 0.29) is 0 Å². The van der Waals surface area contributed by atoms with E-state index in [1.165, 1.54) is 37.8 Å². The molecule has 110 valence electrons. The molecular formula is C16H22Cl2N2. The first-order valence-electron chi connectivity index (χ1n) is 7.52. The maximum Gasteiger partial charge on any atom is 0.0595 e. The van der Waals surface area contributed by atoms with E-state index in [2.05, 4.69) is 11.0 Å². The maximum absolute atomic E-state index is 6.23. The van der Waals surface area contributed by atoms with Crippen LogP contribution < -0.4 is 5.73 Å². The van der Waals surface area contributed by atoms with Crippen LogP contribution in [0.4, 0.5) is 0 Å². The van der Waals surface area contributed by atoms with Gasteiger partial charge in [0.15, 0.2) is 0 Å². The first kappa shape index (κ1) is 14.6. The molecule has 1 aliphatic heterocycles. The highest BCUT2D eigenvalue weighted by Gasteiger charge is 2.30. The molecule has 20 heavy (non-hydrogen) atoms. The van der Waals surface area contributed by atoms with E-state index in [0.29, 0.717) is 16.1 Å². The van der Waals surface area contributed by atoms with Gasteiger partial charge in [0, 0.05) is 25.7 Å². The molecule has 1 heterocycles. The van der Waals surface area contributed by atoms with Gasteiger partial charge in [0.25, 0.3) is 0 Å². The lowest BCUT2D eigenvalue weighted by Crippen LogP contribution is -2.46. The molecule has 0 bridgehead atoms. The summed E-state index contributed by atoms with van der Waals surface area (Å²) in [6.07, 6.45) is 5.41. The van der Waals surface area contributed by atoms with Gasteiger partial charge >= 0.3 is 0 Å². The molecule has 0 amide bonds. The zero-order chi connectivity index (χ0) is 14.1. The predicted octanol–water partition coefficient (Wildman–Crippen LogP) is 3.94. The van der Waals surface area contributed by atoms with Crippen LogP contribution in [0.25, 0.3) is 0 Å². The molecule has 2 atom stereocenters. The molecule has 0 aromatic heterocycles. The topological polar surface area (TPSA) is 29.3 Å². The van der Waals surface area contributed by atoms with Gasteiger partial charge in [0.2, 0.25) is 0 Å². The average molecular weight is 313 g/mol. The van der Waals surface area contributed by atoms with Gasteiger partial charge in [-0.25, -0.2) is 0 Å². The largest absolute Gasteiger partial charge is 0.327 e. The van der Waals surface area contributed by atoms with Crippen LogP contribution in [0.3, 0.4) is 0 Å². The van der Waals surface area contributed by atoms with Crippen molar-refractivity contribution in [2.24, 2.45) is 17.6 Å². The minimum atomic E-state index is 0.315. The van der Waals surface area contributed by atoms with Crippen molar-refractivity contribution in [1.82, 2.24) is 4.90 Å². The third-order valence-corrected chi connectivity index (χ3v) is 5.14. The molecule has 1 aromatic carbocycles. The van der Waals surface area contributed by atoms with Crippen molar-refractivity contribution in [3.05, 3.63) is 33.8 Å². The molecule has 2 nitrogen and oxygen atoms in total. The Kier molecular flexibility index (Phi) is 4.56. The van der Waals surface area contributed by atoms with E-state index >= 15 is 0 Å². The summed E-state index contributed by atoms with van der Waals surface area (Å²) in [7, 11) is 0. The number of halogens is 2. The van der Waals surface area contributed by atoms with Crippen molar-refractivity contribution in [3.63, 3.8) is 0 Å². The van der Waals surface area contributed by atoms with Crippen molar-refractivity contribution in [2.45, 2.75) is 38.3 Å². The maximum atomic E-state index is 6.23. The molecule has 1 aliphatic carbocycles. The fourth-order valence-electron chi connectivity index (χ4n) is 3.37. The van der Waals surface area contributed by atoms with Crippen LogP contribution >= 0.6 is 23.2 Å². The average Bonchev–Trinajstić information content (AvgIpc) is 3.17. The van der Waals surface area contributed by atoms with Gasteiger partial charge in [0.05, 0.1) is 10.0 Å². The van der Waals surface area contributed by atoms with Gasteiger partial charge in [-0.1, -0.05) is 42.1 Å². The highest BCUT2D eigenvalue weighted by Crippen LogP contribution is 2.37. The number of hydrogen-bond acceptors (Lipinski definition) is 2. The lowest BCUT2D eigenvalue weighted by Gasteiger charge is -2.36. The third-order valence-electron chi connectivity index (χ3n) is 4.40. The number of nitrogens with zero attached hydrogens (tertiary/aromatic N) is 1. The Bertz CT molecular complexity index is 472. The second-order valence-electron chi connectivity index (χ2n) is 6.48. The standard InChI is InChI=1S/C16H22Cl2N2/c17-15-4-3-12(7-16(15)18)8-20-9-13(5-11-1-2-11)6-14(19)10-20/h3-4,7,11,13-14H,1-2,5-6,8-10,19H2. The number of rotatable bonds is 4. The van der Waals surface area contributed by atoms with Gasteiger partial charge in [-0.3, -0.25) is 4.90 Å². The van der Waals surface area contributed by atoms with Gasteiger partial charge < -0.3 is 5.73 Å². The van der Waals surface area contributed by atoms with Crippen molar-refractivity contribution < 1.29 is 0 Å². The van der Waals surface area contributed by atoms with Crippen molar-refractivity contribution in [1.29, 1.82) is 0 Å². The third kappa shape index (κ3) is 3.88. The van der Waals surface area contributed by atoms with Crippen LogP contribution in [0.1, 0.15) is 31.2 Å². The SMILES string of the molecule is NC1CC(CC2CC2)CN(Cc2ccc(Cl)c(Cl)c2)C1. The Morgan fingerprint density at radius 1 is 1.10 bits per heavy atom. The summed E-state index contributed by atoms with van der Waals surface area (Å²) < 4.78 is 0. The molecule has 2 aliphatic rings. The minimum absolute atomic E-state index is 0.315. The van der Waals surface area contributed by atoms with Crippen LogP contribution in [0.15, 0.2) is 18.2 Å². The van der Waals surface area contributed by atoms with Gasteiger partial charge in [-0.2, -0.15) is 0 Å². The molecule has 0 radical (unpaired) electrons. The summed E-state index contributed by atoms with van der Waals surface area (Å²) in [5.41, 5.74) is 7.45. The van der Waals surface area contributed by atoms with E-state index < -0.39 is 0 Å². The predicted molar refractivity (Wildman–Crippen MR) is 85.2 cm³/mol. The van der Waals surface area contributed by atoms with Gasteiger partial charge in [-0.05, 0) is 42.4 Å². The van der Waals surface area contributed by atoms with E-state index in [1.54, 1.807) is 0 Å².